The summed E-state index contributed by atoms with van der Waals surface area (Å²) in [7, 11) is 0. The first-order chi connectivity index (χ1) is 7.13. The maximum atomic E-state index is 9.21. The summed E-state index contributed by atoms with van der Waals surface area (Å²) in [6.07, 6.45) is 0.658. The Morgan fingerprint density at radius 3 is 2.73 bits per heavy atom. The van der Waals surface area contributed by atoms with E-state index < -0.39 is 0 Å². The van der Waals surface area contributed by atoms with Crippen LogP contribution in [-0.4, -0.2) is 17.8 Å². The van der Waals surface area contributed by atoms with Crippen molar-refractivity contribution in [3.8, 4) is 0 Å². The summed E-state index contributed by atoms with van der Waals surface area (Å²) in [5.74, 6) is 0. The first kappa shape index (κ1) is 12.5. The highest BCUT2D eigenvalue weighted by atomic mass is 35.5. The van der Waals surface area contributed by atoms with E-state index in [1.54, 1.807) is 6.92 Å². The molecule has 0 aliphatic rings. The van der Waals surface area contributed by atoms with Gasteiger partial charge in [-0.1, -0.05) is 30.7 Å². The molecule has 0 fully saturated rings. The highest BCUT2D eigenvalue weighted by molar-refractivity contribution is 6.30. The zero-order chi connectivity index (χ0) is 11.3. The van der Waals surface area contributed by atoms with Gasteiger partial charge in [-0.25, -0.2) is 0 Å². The van der Waals surface area contributed by atoms with Crippen molar-refractivity contribution in [2.75, 3.05) is 6.54 Å². The summed E-state index contributed by atoms with van der Waals surface area (Å²) < 4.78 is 0. The van der Waals surface area contributed by atoms with Gasteiger partial charge in [0, 0.05) is 17.6 Å². The molecule has 1 aromatic rings. The van der Waals surface area contributed by atoms with E-state index in [1.807, 2.05) is 18.2 Å². The number of nitrogens with one attached hydrogen (secondary N) is 1. The van der Waals surface area contributed by atoms with Crippen molar-refractivity contribution >= 4 is 11.6 Å². The fourth-order valence-corrected chi connectivity index (χ4v) is 1.73. The van der Waals surface area contributed by atoms with Crippen LogP contribution in [0.5, 0.6) is 0 Å². The number of aliphatic hydroxyl groups is 1. The van der Waals surface area contributed by atoms with Crippen molar-refractivity contribution in [3.63, 3.8) is 0 Å². The Morgan fingerprint density at radius 2 is 2.20 bits per heavy atom. The minimum absolute atomic E-state index is 0.262. The molecule has 0 aliphatic carbocycles. The predicted octanol–water partition coefficient (Wildman–Crippen LogP) is 2.76. The van der Waals surface area contributed by atoms with Crippen LogP contribution in [0, 0.1) is 0 Å². The molecule has 0 heterocycles. The molecule has 0 bridgehead atoms. The maximum Gasteiger partial charge on any atom is 0.0636 e. The van der Waals surface area contributed by atoms with Crippen LogP contribution < -0.4 is 5.32 Å². The van der Waals surface area contributed by atoms with Gasteiger partial charge in [-0.15, -0.1) is 0 Å². The van der Waals surface area contributed by atoms with Gasteiger partial charge in [0.25, 0.3) is 0 Å². The third-order valence-electron chi connectivity index (χ3n) is 2.32. The van der Waals surface area contributed by atoms with Gasteiger partial charge >= 0.3 is 0 Å². The molecular weight excluding hydrogens is 210 g/mol. The Kier molecular flexibility index (Phi) is 5.09. The molecule has 0 saturated carbocycles. The smallest absolute Gasteiger partial charge is 0.0636 e. The van der Waals surface area contributed by atoms with Crippen LogP contribution in [0.2, 0.25) is 5.02 Å². The van der Waals surface area contributed by atoms with Gasteiger partial charge in [0.15, 0.2) is 0 Å². The normalized spacial score (nSPS) is 14.9. The molecule has 0 aromatic heterocycles. The SMILES string of the molecule is CC[C@H](NC[C@H](C)O)c1cccc(Cl)c1. The van der Waals surface area contributed by atoms with E-state index in [9.17, 15) is 5.11 Å². The lowest BCUT2D eigenvalue weighted by atomic mass is 10.0. The number of halogens is 1. The number of hydrogen-bond donors (Lipinski definition) is 2. The first-order valence-corrected chi connectivity index (χ1v) is 5.68. The summed E-state index contributed by atoms with van der Waals surface area (Å²) in [6.45, 7) is 4.49. The highest BCUT2D eigenvalue weighted by Crippen LogP contribution is 2.20. The van der Waals surface area contributed by atoms with Crippen LogP contribution in [0.1, 0.15) is 31.9 Å². The molecule has 0 radical (unpaired) electrons. The Hall–Kier alpha value is -0.570. The van der Waals surface area contributed by atoms with Crippen LogP contribution in [0.25, 0.3) is 0 Å². The standard InChI is InChI=1S/C12H18ClNO/c1-3-12(14-8-9(2)15)10-5-4-6-11(13)7-10/h4-7,9,12,14-15H,3,8H2,1-2H3/t9-,12-/m0/s1. The molecule has 0 spiro atoms. The number of rotatable bonds is 5. The molecule has 0 saturated heterocycles. The average Bonchev–Trinajstić information content (AvgIpc) is 2.18. The van der Waals surface area contributed by atoms with Crippen LogP contribution in [0.4, 0.5) is 0 Å². The summed E-state index contributed by atoms with van der Waals surface area (Å²) >= 11 is 5.93. The lowest BCUT2D eigenvalue weighted by molar-refractivity contribution is 0.185. The zero-order valence-electron chi connectivity index (χ0n) is 9.20. The monoisotopic (exact) mass is 227 g/mol. The van der Waals surface area contributed by atoms with E-state index in [2.05, 4.69) is 18.3 Å². The lowest BCUT2D eigenvalue weighted by Gasteiger charge is -2.18. The highest BCUT2D eigenvalue weighted by Gasteiger charge is 2.09. The molecule has 3 heteroatoms. The average molecular weight is 228 g/mol. The topological polar surface area (TPSA) is 32.3 Å². The molecule has 15 heavy (non-hydrogen) atoms. The van der Waals surface area contributed by atoms with Crippen LogP contribution in [0.3, 0.4) is 0 Å². The predicted molar refractivity (Wildman–Crippen MR) is 64.2 cm³/mol. The number of aliphatic hydroxyl groups excluding tert-OH is 1. The van der Waals surface area contributed by atoms with Gasteiger partial charge in [-0.3, -0.25) is 0 Å². The molecule has 2 N–H and O–H groups in total. The van der Waals surface area contributed by atoms with E-state index in [-0.39, 0.29) is 12.1 Å². The van der Waals surface area contributed by atoms with Crippen molar-refractivity contribution in [2.45, 2.75) is 32.4 Å². The molecule has 0 unspecified atom stereocenters. The molecule has 0 aliphatic heterocycles. The zero-order valence-corrected chi connectivity index (χ0v) is 9.96. The van der Waals surface area contributed by atoms with Gasteiger partial charge in [-0.05, 0) is 31.0 Å². The van der Waals surface area contributed by atoms with Crippen LogP contribution >= 0.6 is 11.6 Å². The Bertz CT molecular complexity index is 301. The van der Waals surface area contributed by atoms with E-state index in [0.717, 1.165) is 11.4 Å². The van der Waals surface area contributed by atoms with Crippen LogP contribution in [-0.2, 0) is 0 Å². The second-order valence-corrected chi connectivity index (χ2v) is 4.21. The lowest BCUT2D eigenvalue weighted by Crippen LogP contribution is -2.28. The van der Waals surface area contributed by atoms with Gasteiger partial charge in [0.2, 0.25) is 0 Å². The van der Waals surface area contributed by atoms with Gasteiger partial charge in [-0.2, -0.15) is 0 Å². The molecule has 2 nitrogen and oxygen atoms in total. The van der Waals surface area contributed by atoms with Crippen molar-refractivity contribution in [1.82, 2.24) is 5.32 Å². The van der Waals surface area contributed by atoms with E-state index in [1.165, 1.54) is 5.56 Å². The summed E-state index contributed by atoms with van der Waals surface area (Å²) in [4.78, 5) is 0. The fourth-order valence-electron chi connectivity index (χ4n) is 1.53. The molecule has 1 aromatic carbocycles. The third-order valence-corrected chi connectivity index (χ3v) is 2.55. The molecule has 1 rings (SSSR count). The minimum Gasteiger partial charge on any atom is -0.392 e. The van der Waals surface area contributed by atoms with Gasteiger partial charge in [0.05, 0.1) is 6.10 Å². The number of benzene rings is 1. The van der Waals surface area contributed by atoms with Crippen LogP contribution in [0.15, 0.2) is 24.3 Å². The van der Waals surface area contributed by atoms with E-state index in [4.69, 9.17) is 11.6 Å². The van der Waals surface area contributed by atoms with Gasteiger partial charge < -0.3 is 10.4 Å². The van der Waals surface area contributed by atoms with Crippen molar-refractivity contribution < 1.29 is 5.11 Å². The fraction of sp³-hybridized carbons (Fsp3) is 0.500. The van der Waals surface area contributed by atoms with Gasteiger partial charge in [0.1, 0.15) is 0 Å². The first-order valence-electron chi connectivity index (χ1n) is 5.30. The second kappa shape index (κ2) is 6.11. The third kappa shape index (κ3) is 4.20. The van der Waals surface area contributed by atoms with Crippen molar-refractivity contribution in [1.29, 1.82) is 0 Å². The van der Waals surface area contributed by atoms with E-state index in [0.29, 0.717) is 6.54 Å². The van der Waals surface area contributed by atoms with Crippen molar-refractivity contribution in [2.24, 2.45) is 0 Å². The summed E-state index contributed by atoms with van der Waals surface area (Å²) in [6, 6.07) is 8.09. The number of hydrogen-bond acceptors (Lipinski definition) is 2. The molecular formula is C12H18ClNO. The second-order valence-electron chi connectivity index (χ2n) is 3.77. The minimum atomic E-state index is -0.321. The molecule has 2 atom stereocenters. The molecule has 0 amide bonds. The molecule has 84 valence electrons. The van der Waals surface area contributed by atoms with Crippen molar-refractivity contribution in [3.05, 3.63) is 34.9 Å². The Labute approximate surface area is 96.3 Å². The Balaban J connectivity index is 2.65. The maximum absolute atomic E-state index is 9.21. The summed E-state index contributed by atoms with van der Waals surface area (Å²) in [5, 5.41) is 13.3. The van der Waals surface area contributed by atoms with E-state index >= 15 is 0 Å². The largest absolute Gasteiger partial charge is 0.392 e. The Morgan fingerprint density at radius 1 is 1.47 bits per heavy atom. The quantitative estimate of drug-likeness (QED) is 0.811. The summed E-state index contributed by atoms with van der Waals surface area (Å²) in [5.41, 5.74) is 1.17.